The van der Waals surface area contributed by atoms with Crippen molar-refractivity contribution in [3.8, 4) is 0 Å². The van der Waals surface area contributed by atoms with Gasteiger partial charge in [-0.15, -0.1) is 11.3 Å². The fourth-order valence-electron chi connectivity index (χ4n) is 1.62. The maximum Gasteiger partial charge on any atom is 0.327 e. The molecule has 76 valence electrons. The Morgan fingerprint density at radius 1 is 1.79 bits per heavy atom. The third-order valence-corrected chi connectivity index (χ3v) is 3.97. The molecule has 14 heavy (non-hydrogen) atoms. The summed E-state index contributed by atoms with van der Waals surface area (Å²) in [7, 11) is 1.42. The van der Waals surface area contributed by atoms with Crippen LogP contribution in [0.15, 0.2) is 9.85 Å². The van der Waals surface area contributed by atoms with Crippen molar-refractivity contribution in [3.63, 3.8) is 0 Å². The molecule has 2 rings (SSSR count). The third kappa shape index (κ3) is 1.71. The first-order valence-corrected chi connectivity index (χ1v) is 5.92. The van der Waals surface area contributed by atoms with Gasteiger partial charge in [0.05, 0.1) is 10.9 Å². The zero-order valence-electron chi connectivity index (χ0n) is 7.67. The molecule has 0 bridgehead atoms. The van der Waals surface area contributed by atoms with Crippen LogP contribution in [-0.4, -0.2) is 19.6 Å². The second-order valence-corrected chi connectivity index (χ2v) is 5.61. The van der Waals surface area contributed by atoms with E-state index in [0.29, 0.717) is 0 Å². The number of esters is 1. The molecule has 1 aromatic rings. The molecule has 1 unspecified atom stereocenters. The number of carbonyl (C=O) groups excluding carboxylic acids is 1. The van der Waals surface area contributed by atoms with Crippen LogP contribution in [0.1, 0.15) is 16.5 Å². The van der Waals surface area contributed by atoms with Gasteiger partial charge in [-0.2, -0.15) is 0 Å². The molecule has 0 saturated heterocycles. The van der Waals surface area contributed by atoms with Crippen molar-refractivity contribution in [2.75, 3.05) is 13.7 Å². The molecular formula is C9H10BrNO2S. The quantitative estimate of drug-likeness (QED) is 0.796. The molecular weight excluding hydrogens is 266 g/mol. The number of ether oxygens (including phenoxy) is 1. The van der Waals surface area contributed by atoms with E-state index in [1.165, 1.54) is 12.0 Å². The van der Waals surface area contributed by atoms with Gasteiger partial charge in [0.2, 0.25) is 0 Å². The number of carbonyl (C=O) groups is 1. The number of thiophene rings is 1. The number of hydrogen-bond donors (Lipinski definition) is 1. The predicted molar refractivity (Wildman–Crippen MR) is 58.5 cm³/mol. The molecule has 0 saturated carbocycles. The minimum Gasteiger partial charge on any atom is -0.468 e. The maximum absolute atomic E-state index is 11.4. The van der Waals surface area contributed by atoms with Gasteiger partial charge >= 0.3 is 5.97 Å². The standard InChI is InChI=1S/C9H10BrNO2S/c1-13-9(12)8-5-4-7(10)14-6(5)2-3-11-8/h4,8,11H,2-3H2,1H3. The minimum atomic E-state index is -0.286. The number of methoxy groups -OCH3 is 1. The molecule has 1 atom stereocenters. The van der Waals surface area contributed by atoms with Crippen LogP contribution in [0.3, 0.4) is 0 Å². The molecule has 0 radical (unpaired) electrons. The van der Waals surface area contributed by atoms with Crippen LogP contribution in [-0.2, 0) is 16.0 Å². The molecule has 0 amide bonds. The Kier molecular flexibility index (Phi) is 2.90. The summed E-state index contributed by atoms with van der Waals surface area (Å²) in [6.45, 7) is 0.833. The van der Waals surface area contributed by atoms with Gasteiger partial charge in [-0.3, -0.25) is 0 Å². The van der Waals surface area contributed by atoms with E-state index in [0.717, 1.165) is 22.3 Å². The normalized spacial score (nSPS) is 20.3. The van der Waals surface area contributed by atoms with Crippen LogP contribution in [0.5, 0.6) is 0 Å². The number of halogens is 1. The van der Waals surface area contributed by atoms with E-state index in [1.54, 1.807) is 11.3 Å². The molecule has 0 spiro atoms. The van der Waals surface area contributed by atoms with Gasteiger partial charge in [0.25, 0.3) is 0 Å². The summed E-state index contributed by atoms with van der Waals surface area (Å²) in [5.74, 6) is -0.212. The largest absolute Gasteiger partial charge is 0.468 e. The molecule has 1 aliphatic rings. The van der Waals surface area contributed by atoms with Crippen molar-refractivity contribution in [2.24, 2.45) is 0 Å². The Bertz CT molecular complexity index is 364. The van der Waals surface area contributed by atoms with E-state index in [-0.39, 0.29) is 12.0 Å². The number of nitrogens with one attached hydrogen (secondary N) is 1. The van der Waals surface area contributed by atoms with Crippen molar-refractivity contribution in [2.45, 2.75) is 12.5 Å². The predicted octanol–water partition coefficient (Wildman–Crippen LogP) is 1.87. The summed E-state index contributed by atoms with van der Waals surface area (Å²) >= 11 is 5.12. The number of rotatable bonds is 1. The van der Waals surface area contributed by atoms with E-state index in [4.69, 9.17) is 4.74 Å². The third-order valence-electron chi connectivity index (χ3n) is 2.26. The van der Waals surface area contributed by atoms with Crippen LogP contribution < -0.4 is 5.32 Å². The Labute approximate surface area is 94.6 Å². The van der Waals surface area contributed by atoms with E-state index in [2.05, 4.69) is 21.2 Å². The van der Waals surface area contributed by atoms with Gasteiger partial charge in [-0.05, 0) is 34.0 Å². The summed E-state index contributed by atoms with van der Waals surface area (Å²) in [4.78, 5) is 12.7. The van der Waals surface area contributed by atoms with Gasteiger partial charge in [0, 0.05) is 11.4 Å². The molecule has 0 aromatic carbocycles. The SMILES string of the molecule is COC(=O)C1NCCc2sc(Br)cc21. The topological polar surface area (TPSA) is 38.3 Å². The first-order valence-electron chi connectivity index (χ1n) is 4.31. The van der Waals surface area contributed by atoms with Crippen LogP contribution >= 0.6 is 27.3 Å². The summed E-state index contributed by atoms with van der Waals surface area (Å²) in [6, 6.07) is 1.71. The van der Waals surface area contributed by atoms with Crippen molar-refractivity contribution in [1.29, 1.82) is 0 Å². The van der Waals surface area contributed by atoms with E-state index >= 15 is 0 Å². The van der Waals surface area contributed by atoms with E-state index in [1.807, 2.05) is 6.07 Å². The minimum absolute atomic E-state index is 0.212. The molecule has 0 aliphatic carbocycles. The van der Waals surface area contributed by atoms with Crippen LogP contribution in [0.25, 0.3) is 0 Å². The summed E-state index contributed by atoms with van der Waals surface area (Å²) < 4.78 is 5.81. The van der Waals surface area contributed by atoms with Crippen LogP contribution in [0, 0.1) is 0 Å². The molecule has 0 fully saturated rings. The average Bonchev–Trinajstić information content (AvgIpc) is 2.56. The molecule has 5 heteroatoms. The summed E-state index contributed by atoms with van der Waals surface area (Å²) in [5.41, 5.74) is 1.06. The lowest BCUT2D eigenvalue weighted by Gasteiger charge is -2.21. The van der Waals surface area contributed by atoms with Gasteiger partial charge in [0.1, 0.15) is 6.04 Å². The fourth-order valence-corrected chi connectivity index (χ4v) is 3.37. The zero-order chi connectivity index (χ0) is 10.1. The Morgan fingerprint density at radius 3 is 3.29 bits per heavy atom. The van der Waals surface area contributed by atoms with E-state index < -0.39 is 0 Å². The van der Waals surface area contributed by atoms with Crippen LogP contribution in [0.4, 0.5) is 0 Å². The monoisotopic (exact) mass is 275 g/mol. The van der Waals surface area contributed by atoms with Crippen molar-refractivity contribution in [3.05, 3.63) is 20.3 Å². The van der Waals surface area contributed by atoms with Crippen molar-refractivity contribution < 1.29 is 9.53 Å². The lowest BCUT2D eigenvalue weighted by atomic mass is 10.0. The van der Waals surface area contributed by atoms with Crippen LogP contribution in [0.2, 0.25) is 0 Å². The summed E-state index contributed by atoms with van der Waals surface area (Å²) in [5, 5.41) is 3.15. The smallest absolute Gasteiger partial charge is 0.327 e. The molecule has 1 aliphatic heterocycles. The fraction of sp³-hybridized carbons (Fsp3) is 0.444. The molecule has 2 heterocycles. The highest BCUT2D eigenvalue weighted by Gasteiger charge is 2.28. The number of fused-ring (bicyclic) bond motifs is 1. The number of hydrogen-bond acceptors (Lipinski definition) is 4. The van der Waals surface area contributed by atoms with Crippen molar-refractivity contribution >= 4 is 33.2 Å². The van der Waals surface area contributed by atoms with E-state index in [9.17, 15) is 4.79 Å². The van der Waals surface area contributed by atoms with Gasteiger partial charge in [-0.1, -0.05) is 0 Å². The summed E-state index contributed by atoms with van der Waals surface area (Å²) in [6.07, 6.45) is 0.985. The molecule has 1 N–H and O–H groups in total. The second kappa shape index (κ2) is 4.00. The molecule has 3 nitrogen and oxygen atoms in total. The lowest BCUT2D eigenvalue weighted by molar-refractivity contribution is -0.143. The Morgan fingerprint density at radius 2 is 2.57 bits per heavy atom. The highest BCUT2D eigenvalue weighted by Crippen LogP contribution is 2.34. The maximum atomic E-state index is 11.4. The Balaban J connectivity index is 2.34. The highest BCUT2D eigenvalue weighted by molar-refractivity contribution is 9.11. The van der Waals surface area contributed by atoms with Gasteiger partial charge < -0.3 is 10.1 Å². The zero-order valence-corrected chi connectivity index (χ0v) is 10.1. The first kappa shape index (κ1) is 10.1. The second-order valence-electron chi connectivity index (χ2n) is 3.09. The van der Waals surface area contributed by atoms with Gasteiger partial charge in [-0.25, -0.2) is 4.79 Å². The highest BCUT2D eigenvalue weighted by atomic mass is 79.9. The Hall–Kier alpha value is -0.390. The van der Waals surface area contributed by atoms with Gasteiger partial charge in [0.15, 0.2) is 0 Å². The van der Waals surface area contributed by atoms with Crippen molar-refractivity contribution in [1.82, 2.24) is 5.32 Å². The molecule has 1 aromatic heterocycles. The lowest BCUT2D eigenvalue weighted by Crippen LogP contribution is -2.34. The average molecular weight is 276 g/mol. The first-order chi connectivity index (χ1) is 6.72.